The van der Waals surface area contributed by atoms with E-state index in [1.54, 1.807) is 4.90 Å². The van der Waals surface area contributed by atoms with Crippen LogP contribution in [-0.2, 0) is 20.7 Å². The van der Waals surface area contributed by atoms with Gasteiger partial charge in [0, 0.05) is 30.7 Å². The van der Waals surface area contributed by atoms with Crippen LogP contribution in [0.25, 0.3) is 0 Å². The van der Waals surface area contributed by atoms with Crippen LogP contribution < -0.4 is 4.90 Å². The van der Waals surface area contributed by atoms with Gasteiger partial charge in [0.2, 0.25) is 11.8 Å². The number of carbonyl (C=O) groups excluding carboxylic acids is 2. The molecule has 0 spiro atoms. The Kier molecular flexibility index (Phi) is 8.36. The number of nitrogens with zero attached hydrogens (tertiary/aromatic N) is 2. The van der Waals surface area contributed by atoms with E-state index >= 15 is 0 Å². The summed E-state index contributed by atoms with van der Waals surface area (Å²) in [5, 5.41) is 9.63. The SMILES string of the molecule is C[C@@H]1[C@@H]([Si](C)(C)O)[C@H](CC(=O)N2CCC[C@H]2CO)O[C@@H]1CCc1cccc(N2CCCCC2=O)c1. The zero-order chi connectivity index (χ0) is 25.2. The van der Waals surface area contributed by atoms with Crippen LogP contribution in [0.1, 0.15) is 57.4 Å². The minimum absolute atomic E-state index is 0.00204. The molecule has 3 aliphatic rings. The third kappa shape index (κ3) is 5.98. The smallest absolute Gasteiger partial charge is 0.226 e. The summed E-state index contributed by atoms with van der Waals surface area (Å²) in [6.45, 7) is 7.52. The maximum Gasteiger partial charge on any atom is 0.226 e. The zero-order valence-corrected chi connectivity index (χ0v) is 22.5. The van der Waals surface area contributed by atoms with Gasteiger partial charge in [0.05, 0.1) is 31.3 Å². The third-order valence-electron chi connectivity index (χ3n) is 8.27. The number of amides is 2. The van der Waals surface area contributed by atoms with Crippen molar-refractivity contribution in [2.75, 3.05) is 24.6 Å². The predicted octanol–water partition coefficient (Wildman–Crippen LogP) is 3.48. The van der Waals surface area contributed by atoms with Crippen molar-refractivity contribution in [2.24, 2.45) is 5.92 Å². The monoisotopic (exact) mass is 502 g/mol. The standard InChI is InChI=1S/C27H42N2O5Si/c1-19-23(13-12-20-8-6-9-21(16-20)28-14-5-4-11-25(28)31)34-24(27(19)35(2,3)33)17-26(32)29-15-7-10-22(29)18-30/h6,8-9,16,19,22-24,27,30,33H,4-5,7,10-15,17-18H2,1-3H3/t19-,22-,23+,24-,27+/m0/s1. The van der Waals surface area contributed by atoms with Crippen molar-refractivity contribution in [3.63, 3.8) is 0 Å². The number of aliphatic hydroxyl groups is 1. The quantitative estimate of drug-likeness (QED) is 0.531. The first-order chi connectivity index (χ1) is 16.7. The van der Waals surface area contributed by atoms with E-state index in [1.807, 2.05) is 30.1 Å². The number of carbonyl (C=O) groups is 2. The summed E-state index contributed by atoms with van der Waals surface area (Å²) in [5.74, 6) is 0.396. The van der Waals surface area contributed by atoms with Gasteiger partial charge in [0.1, 0.15) is 0 Å². The average Bonchev–Trinajstić information content (AvgIpc) is 3.42. The van der Waals surface area contributed by atoms with E-state index in [0.29, 0.717) is 13.0 Å². The summed E-state index contributed by atoms with van der Waals surface area (Å²) in [7, 11) is -2.56. The molecule has 0 aliphatic carbocycles. The second kappa shape index (κ2) is 11.1. The molecule has 1 aromatic rings. The molecule has 0 unspecified atom stereocenters. The highest BCUT2D eigenvalue weighted by atomic mass is 28.4. The summed E-state index contributed by atoms with van der Waals surface area (Å²) >= 11 is 0. The molecule has 1 aromatic carbocycles. The number of anilines is 1. The molecule has 3 fully saturated rings. The summed E-state index contributed by atoms with van der Waals surface area (Å²) in [6.07, 6.45) is 6.00. The van der Waals surface area contributed by atoms with Gasteiger partial charge in [-0.3, -0.25) is 9.59 Å². The van der Waals surface area contributed by atoms with E-state index in [9.17, 15) is 19.5 Å². The van der Waals surface area contributed by atoms with Gasteiger partial charge in [-0.05, 0) is 75.2 Å². The molecule has 3 aliphatic heterocycles. The molecule has 0 radical (unpaired) electrons. The van der Waals surface area contributed by atoms with Crippen LogP contribution in [0.4, 0.5) is 5.69 Å². The third-order valence-corrected chi connectivity index (χ3v) is 10.8. The molecule has 3 saturated heterocycles. The van der Waals surface area contributed by atoms with Crippen molar-refractivity contribution >= 4 is 25.8 Å². The second-order valence-corrected chi connectivity index (χ2v) is 15.2. The summed E-state index contributed by atoms with van der Waals surface area (Å²) < 4.78 is 6.50. The Morgan fingerprint density at radius 3 is 2.69 bits per heavy atom. The van der Waals surface area contributed by atoms with Crippen LogP contribution in [0.5, 0.6) is 0 Å². The molecule has 35 heavy (non-hydrogen) atoms. The van der Waals surface area contributed by atoms with Crippen LogP contribution in [0, 0.1) is 5.92 Å². The molecule has 7 nitrogen and oxygen atoms in total. The highest BCUT2D eigenvalue weighted by Crippen LogP contribution is 2.46. The molecule has 4 rings (SSSR count). The highest BCUT2D eigenvalue weighted by molar-refractivity contribution is 6.71. The van der Waals surface area contributed by atoms with E-state index in [1.165, 1.54) is 5.56 Å². The number of rotatable bonds is 8. The second-order valence-electron chi connectivity index (χ2n) is 11.2. The molecule has 0 aromatic heterocycles. The van der Waals surface area contributed by atoms with E-state index in [-0.39, 0.29) is 54.6 Å². The normalized spacial score (nSPS) is 29.7. The highest BCUT2D eigenvalue weighted by Gasteiger charge is 2.50. The van der Waals surface area contributed by atoms with Crippen molar-refractivity contribution in [3.05, 3.63) is 29.8 Å². The van der Waals surface area contributed by atoms with Gasteiger partial charge in [0.25, 0.3) is 0 Å². The van der Waals surface area contributed by atoms with E-state index in [4.69, 9.17) is 4.74 Å². The fourth-order valence-electron chi connectivity index (χ4n) is 6.52. The Hall–Kier alpha value is -1.74. The Morgan fingerprint density at radius 1 is 1.17 bits per heavy atom. The summed E-state index contributed by atoms with van der Waals surface area (Å²) in [4.78, 5) is 40.2. The van der Waals surface area contributed by atoms with Crippen molar-refractivity contribution in [2.45, 2.75) is 95.2 Å². The average molecular weight is 503 g/mol. The minimum Gasteiger partial charge on any atom is -0.432 e. The van der Waals surface area contributed by atoms with E-state index in [2.05, 4.69) is 19.1 Å². The number of ether oxygens (including phenoxy) is 1. The van der Waals surface area contributed by atoms with E-state index in [0.717, 1.165) is 50.8 Å². The van der Waals surface area contributed by atoms with Crippen molar-refractivity contribution < 1.29 is 24.2 Å². The maximum absolute atomic E-state index is 13.1. The lowest BCUT2D eigenvalue weighted by Gasteiger charge is -2.31. The molecule has 0 bridgehead atoms. The number of hydrogen-bond acceptors (Lipinski definition) is 5. The minimum atomic E-state index is -2.56. The molecule has 3 heterocycles. The van der Waals surface area contributed by atoms with Crippen LogP contribution in [-0.4, -0.2) is 72.9 Å². The first-order valence-electron chi connectivity index (χ1n) is 13.4. The predicted molar refractivity (Wildman–Crippen MR) is 139 cm³/mol. The van der Waals surface area contributed by atoms with Gasteiger partial charge in [-0.15, -0.1) is 0 Å². The number of piperidine rings is 1. The van der Waals surface area contributed by atoms with Gasteiger partial charge < -0.3 is 24.4 Å². The molecule has 0 saturated carbocycles. The Morgan fingerprint density at radius 2 is 1.97 bits per heavy atom. The van der Waals surface area contributed by atoms with Crippen LogP contribution >= 0.6 is 0 Å². The van der Waals surface area contributed by atoms with Crippen LogP contribution in [0.2, 0.25) is 18.6 Å². The number of hydrogen-bond donors (Lipinski definition) is 2. The lowest BCUT2D eigenvalue weighted by atomic mass is 9.94. The summed E-state index contributed by atoms with van der Waals surface area (Å²) in [5.41, 5.74) is 2.14. The van der Waals surface area contributed by atoms with Crippen molar-refractivity contribution in [3.8, 4) is 0 Å². The van der Waals surface area contributed by atoms with Crippen LogP contribution in [0.15, 0.2) is 24.3 Å². The Bertz CT molecular complexity index is 904. The number of likely N-dealkylation sites (tertiary alicyclic amines) is 1. The largest absolute Gasteiger partial charge is 0.432 e. The summed E-state index contributed by atoms with van der Waals surface area (Å²) in [6, 6.07) is 8.16. The topological polar surface area (TPSA) is 90.3 Å². The lowest BCUT2D eigenvalue weighted by molar-refractivity contribution is -0.135. The van der Waals surface area contributed by atoms with Gasteiger partial charge >= 0.3 is 0 Å². The molecule has 2 N–H and O–H groups in total. The first kappa shape index (κ1) is 26.3. The van der Waals surface area contributed by atoms with Crippen molar-refractivity contribution in [1.29, 1.82) is 0 Å². The van der Waals surface area contributed by atoms with Gasteiger partial charge in [0.15, 0.2) is 8.32 Å². The van der Waals surface area contributed by atoms with Crippen LogP contribution in [0.3, 0.4) is 0 Å². The lowest BCUT2D eigenvalue weighted by Crippen LogP contribution is -2.43. The number of aliphatic hydroxyl groups excluding tert-OH is 1. The molecular formula is C27H42N2O5Si. The molecular weight excluding hydrogens is 460 g/mol. The number of aryl methyl sites for hydroxylation is 1. The van der Waals surface area contributed by atoms with E-state index < -0.39 is 8.32 Å². The van der Waals surface area contributed by atoms with Gasteiger partial charge in [-0.1, -0.05) is 19.1 Å². The van der Waals surface area contributed by atoms with Crippen molar-refractivity contribution in [1.82, 2.24) is 4.90 Å². The zero-order valence-electron chi connectivity index (χ0n) is 21.5. The Balaban J connectivity index is 1.41. The molecule has 194 valence electrons. The molecule has 2 amide bonds. The fourth-order valence-corrected chi connectivity index (χ4v) is 9.13. The first-order valence-corrected chi connectivity index (χ1v) is 16.4. The molecule has 5 atom stereocenters. The number of benzene rings is 1. The molecule has 8 heteroatoms. The maximum atomic E-state index is 13.1. The fraction of sp³-hybridized carbons (Fsp3) is 0.704. The van der Waals surface area contributed by atoms with Gasteiger partial charge in [-0.2, -0.15) is 0 Å². The Labute approximate surface area is 210 Å². The van der Waals surface area contributed by atoms with Gasteiger partial charge in [-0.25, -0.2) is 0 Å².